The second kappa shape index (κ2) is 9.59. The summed E-state index contributed by atoms with van der Waals surface area (Å²) in [4.78, 5) is 34.6. The van der Waals surface area contributed by atoms with E-state index in [1.165, 1.54) is 17.2 Å². The molecule has 0 saturated carbocycles. The Balaban J connectivity index is 1.32. The van der Waals surface area contributed by atoms with Gasteiger partial charge in [-0.2, -0.15) is 5.10 Å². The van der Waals surface area contributed by atoms with E-state index in [0.717, 1.165) is 18.6 Å². The van der Waals surface area contributed by atoms with Crippen LogP contribution in [0.1, 0.15) is 30.9 Å². The molecule has 190 valence electrons. The smallest absolute Gasteiger partial charge is 0.322 e. The molecule has 3 aromatic rings. The molecule has 2 atom stereocenters. The Kier molecular flexibility index (Phi) is 6.33. The Morgan fingerprint density at radius 1 is 1.14 bits per heavy atom. The molecule has 36 heavy (non-hydrogen) atoms. The standard InChI is InChI=1S/C24H28F2N8O2/c1-31(2)23(35)28-16-7-10-32(14-16)24(36)29-19-13-27-34-11-8-21(30-22(19)34)33-9-3-4-20(33)17-12-15(25)5-6-18(17)26/h5-6,8,11-13,16,20H,3-4,7,9-10,14H2,1-2H3,(H,28,35)(H,29,36)/t16-,20+/m0/s1. The number of rotatable bonds is 4. The predicted molar refractivity (Wildman–Crippen MR) is 130 cm³/mol. The van der Waals surface area contributed by atoms with E-state index in [1.54, 1.807) is 35.8 Å². The molecule has 2 saturated heterocycles. The van der Waals surface area contributed by atoms with Crippen LogP contribution in [-0.4, -0.2) is 76.2 Å². The van der Waals surface area contributed by atoms with Crippen LogP contribution in [0.2, 0.25) is 0 Å². The highest BCUT2D eigenvalue weighted by Crippen LogP contribution is 2.37. The number of amides is 4. The topological polar surface area (TPSA) is 98.1 Å². The zero-order chi connectivity index (χ0) is 25.4. The third-order valence-corrected chi connectivity index (χ3v) is 6.67. The van der Waals surface area contributed by atoms with Crippen LogP contribution in [0.25, 0.3) is 5.65 Å². The lowest BCUT2D eigenvalue weighted by atomic mass is 10.0. The fourth-order valence-corrected chi connectivity index (χ4v) is 4.80. The minimum absolute atomic E-state index is 0.116. The van der Waals surface area contributed by atoms with Crippen LogP contribution in [0.5, 0.6) is 0 Å². The summed E-state index contributed by atoms with van der Waals surface area (Å²) in [5.41, 5.74) is 1.19. The maximum Gasteiger partial charge on any atom is 0.322 e. The largest absolute Gasteiger partial charge is 0.349 e. The molecule has 0 aliphatic carbocycles. The predicted octanol–water partition coefficient (Wildman–Crippen LogP) is 3.23. The number of nitrogens with zero attached hydrogens (tertiary/aromatic N) is 6. The molecule has 2 aromatic heterocycles. The number of nitrogens with one attached hydrogen (secondary N) is 2. The van der Waals surface area contributed by atoms with Crippen molar-refractivity contribution in [3.05, 3.63) is 53.9 Å². The number of likely N-dealkylation sites (tertiary alicyclic amines) is 1. The Bertz CT molecular complexity index is 1300. The van der Waals surface area contributed by atoms with Crippen molar-refractivity contribution >= 4 is 29.2 Å². The van der Waals surface area contributed by atoms with E-state index < -0.39 is 11.6 Å². The lowest BCUT2D eigenvalue weighted by Gasteiger charge is -2.26. The van der Waals surface area contributed by atoms with E-state index in [9.17, 15) is 18.4 Å². The van der Waals surface area contributed by atoms with Gasteiger partial charge in [0.05, 0.1) is 12.2 Å². The molecule has 0 radical (unpaired) electrons. The summed E-state index contributed by atoms with van der Waals surface area (Å²) in [5.74, 6) is -0.331. The SMILES string of the molecule is CN(C)C(=O)N[C@H]1CCN(C(=O)Nc2cnn3ccc(N4CCC[C@@H]4c4cc(F)ccc4F)nc23)C1. The summed E-state index contributed by atoms with van der Waals surface area (Å²) in [6.45, 7) is 1.56. The molecule has 2 aliphatic heterocycles. The van der Waals surface area contributed by atoms with Crippen LogP contribution in [0.15, 0.2) is 36.7 Å². The molecule has 5 rings (SSSR count). The number of halogens is 2. The van der Waals surface area contributed by atoms with E-state index in [2.05, 4.69) is 15.7 Å². The molecule has 2 fully saturated rings. The average molecular weight is 499 g/mol. The van der Waals surface area contributed by atoms with Gasteiger partial charge in [0, 0.05) is 51.5 Å². The highest BCUT2D eigenvalue weighted by Gasteiger charge is 2.31. The van der Waals surface area contributed by atoms with E-state index >= 15 is 0 Å². The third-order valence-electron chi connectivity index (χ3n) is 6.67. The molecule has 0 unspecified atom stereocenters. The summed E-state index contributed by atoms with van der Waals surface area (Å²) in [6.07, 6.45) is 5.41. The van der Waals surface area contributed by atoms with E-state index in [-0.39, 0.29) is 24.1 Å². The highest BCUT2D eigenvalue weighted by molar-refractivity contribution is 5.93. The molecule has 10 nitrogen and oxygen atoms in total. The van der Waals surface area contributed by atoms with Gasteiger partial charge in [-0.3, -0.25) is 0 Å². The van der Waals surface area contributed by atoms with Crippen LogP contribution >= 0.6 is 0 Å². The minimum Gasteiger partial charge on any atom is -0.349 e. The number of carbonyl (C=O) groups is 2. The molecule has 2 N–H and O–H groups in total. The maximum atomic E-state index is 14.5. The molecule has 2 aliphatic rings. The first-order valence-corrected chi connectivity index (χ1v) is 11.9. The van der Waals surface area contributed by atoms with Crippen LogP contribution < -0.4 is 15.5 Å². The second-order valence-electron chi connectivity index (χ2n) is 9.34. The number of hydrogen-bond acceptors (Lipinski definition) is 5. The molecule has 4 amide bonds. The van der Waals surface area contributed by atoms with Crippen molar-refractivity contribution in [2.75, 3.05) is 43.9 Å². The van der Waals surface area contributed by atoms with Crippen molar-refractivity contribution in [3.63, 3.8) is 0 Å². The first kappa shape index (κ1) is 23.8. The van der Waals surface area contributed by atoms with Crippen LogP contribution in [0.3, 0.4) is 0 Å². The fraction of sp³-hybridized carbons (Fsp3) is 0.417. The normalized spacial score (nSPS) is 19.7. The van der Waals surface area contributed by atoms with E-state index in [4.69, 9.17) is 4.98 Å². The summed E-state index contributed by atoms with van der Waals surface area (Å²) in [5, 5.41) is 10.0. The number of hydrogen-bond donors (Lipinski definition) is 2. The summed E-state index contributed by atoms with van der Waals surface area (Å²) in [7, 11) is 3.33. The first-order chi connectivity index (χ1) is 17.3. The van der Waals surface area contributed by atoms with Gasteiger partial charge < -0.3 is 25.3 Å². The van der Waals surface area contributed by atoms with Gasteiger partial charge in [-0.1, -0.05) is 0 Å². The zero-order valence-electron chi connectivity index (χ0n) is 20.1. The van der Waals surface area contributed by atoms with Gasteiger partial charge in [0.1, 0.15) is 23.1 Å². The van der Waals surface area contributed by atoms with Crippen molar-refractivity contribution in [2.24, 2.45) is 0 Å². The van der Waals surface area contributed by atoms with Crippen LogP contribution in [0.4, 0.5) is 29.9 Å². The summed E-state index contributed by atoms with van der Waals surface area (Å²) >= 11 is 0. The number of benzene rings is 1. The Morgan fingerprint density at radius 2 is 1.97 bits per heavy atom. The maximum absolute atomic E-state index is 14.5. The van der Waals surface area contributed by atoms with Gasteiger partial charge in [0.2, 0.25) is 0 Å². The minimum atomic E-state index is -0.479. The monoisotopic (exact) mass is 498 g/mol. The molecule has 4 heterocycles. The Hall–Kier alpha value is -3.96. The molecular formula is C24H28F2N8O2. The lowest BCUT2D eigenvalue weighted by molar-refractivity contribution is 0.210. The lowest BCUT2D eigenvalue weighted by Crippen LogP contribution is -2.43. The highest BCUT2D eigenvalue weighted by atomic mass is 19.1. The summed E-state index contributed by atoms with van der Waals surface area (Å²) < 4.78 is 29.9. The van der Waals surface area contributed by atoms with E-state index in [1.807, 2.05) is 4.90 Å². The molecule has 0 spiro atoms. The number of fused-ring (bicyclic) bond motifs is 1. The number of anilines is 2. The number of aromatic nitrogens is 3. The van der Waals surface area contributed by atoms with Crippen molar-refractivity contribution in [3.8, 4) is 0 Å². The van der Waals surface area contributed by atoms with Gasteiger partial charge in [-0.05, 0) is 43.5 Å². The van der Waals surface area contributed by atoms with Crippen molar-refractivity contribution in [1.82, 2.24) is 29.7 Å². The van der Waals surface area contributed by atoms with Crippen molar-refractivity contribution < 1.29 is 18.4 Å². The Labute approximate surface area is 206 Å². The van der Waals surface area contributed by atoms with Gasteiger partial charge in [-0.15, -0.1) is 0 Å². The quantitative estimate of drug-likeness (QED) is 0.576. The zero-order valence-corrected chi connectivity index (χ0v) is 20.1. The van der Waals surface area contributed by atoms with Crippen LogP contribution in [0, 0.1) is 11.6 Å². The molecule has 0 bridgehead atoms. The Morgan fingerprint density at radius 3 is 2.78 bits per heavy atom. The van der Waals surface area contributed by atoms with Gasteiger partial charge in [0.15, 0.2) is 5.65 Å². The first-order valence-electron chi connectivity index (χ1n) is 11.9. The third kappa shape index (κ3) is 4.62. The molecular weight excluding hydrogens is 470 g/mol. The van der Waals surface area contributed by atoms with Gasteiger partial charge in [-0.25, -0.2) is 27.9 Å². The van der Waals surface area contributed by atoms with Crippen molar-refractivity contribution in [2.45, 2.75) is 31.3 Å². The van der Waals surface area contributed by atoms with Crippen LogP contribution in [-0.2, 0) is 0 Å². The average Bonchev–Trinajstić information content (AvgIpc) is 3.60. The van der Waals surface area contributed by atoms with Gasteiger partial charge >= 0.3 is 12.1 Å². The second-order valence-corrected chi connectivity index (χ2v) is 9.34. The van der Waals surface area contributed by atoms with Crippen molar-refractivity contribution in [1.29, 1.82) is 0 Å². The number of carbonyl (C=O) groups excluding carboxylic acids is 2. The molecule has 12 heteroatoms. The fourth-order valence-electron chi connectivity index (χ4n) is 4.80. The number of urea groups is 2. The van der Waals surface area contributed by atoms with E-state index in [0.29, 0.717) is 55.2 Å². The summed E-state index contributed by atoms with van der Waals surface area (Å²) in [6, 6.07) is 4.33. The van der Waals surface area contributed by atoms with Gasteiger partial charge in [0.25, 0.3) is 0 Å². The molecule has 1 aromatic carbocycles.